The molecule has 132 valence electrons. The lowest BCUT2D eigenvalue weighted by molar-refractivity contribution is 0.121. The van der Waals surface area contributed by atoms with Gasteiger partial charge in [0.2, 0.25) is 0 Å². The number of halogens is 1. The average molecular weight is 368 g/mol. The lowest BCUT2D eigenvalue weighted by Crippen LogP contribution is -2.36. The highest BCUT2D eigenvalue weighted by Gasteiger charge is 2.15. The van der Waals surface area contributed by atoms with Crippen molar-refractivity contribution in [1.29, 1.82) is 0 Å². The molecule has 4 nitrogen and oxygen atoms in total. The molecule has 0 spiro atoms. The standard InChI is InChI=1S/C21H18ClNO3/c22-17-6-3-15(4-7-17)1-2-16-5-8-18-19(24)14-21(26-20(18)13-16)23-9-11-25-12-10-23/h1-8,13-14H,9-12H2/b2-1+. The molecule has 0 radical (unpaired) electrons. The van der Waals surface area contributed by atoms with E-state index in [1.54, 1.807) is 6.07 Å². The van der Waals surface area contributed by atoms with Crippen LogP contribution >= 0.6 is 11.6 Å². The molecular weight excluding hydrogens is 350 g/mol. The quantitative estimate of drug-likeness (QED) is 0.641. The van der Waals surface area contributed by atoms with Gasteiger partial charge in [-0.05, 0) is 35.4 Å². The minimum atomic E-state index is -0.0269. The molecule has 0 unspecified atom stereocenters. The van der Waals surface area contributed by atoms with Crippen molar-refractivity contribution < 1.29 is 9.15 Å². The summed E-state index contributed by atoms with van der Waals surface area (Å²) in [5.41, 5.74) is 2.59. The monoisotopic (exact) mass is 367 g/mol. The molecule has 0 amide bonds. The zero-order valence-corrected chi connectivity index (χ0v) is 14.9. The van der Waals surface area contributed by atoms with Crippen LogP contribution in [0.5, 0.6) is 0 Å². The van der Waals surface area contributed by atoms with Crippen LogP contribution in [0.25, 0.3) is 23.1 Å². The fraction of sp³-hybridized carbons (Fsp3) is 0.190. The molecule has 0 aliphatic carbocycles. The van der Waals surface area contributed by atoms with Gasteiger partial charge in [0.1, 0.15) is 5.58 Å². The van der Waals surface area contributed by atoms with Crippen molar-refractivity contribution in [2.45, 2.75) is 0 Å². The predicted molar refractivity (Wildman–Crippen MR) is 106 cm³/mol. The molecule has 3 aromatic rings. The Morgan fingerprint density at radius 2 is 1.62 bits per heavy atom. The third kappa shape index (κ3) is 3.66. The molecule has 0 bridgehead atoms. The second-order valence-corrected chi connectivity index (χ2v) is 6.63. The van der Waals surface area contributed by atoms with Gasteiger partial charge in [0.15, 0.2) is 11.3 Å². The van der Waals surface area contributed by atoms with Crippen molar-refractivity contribution in [1.82, 2.24) is 0 Å². The number of morpholine rings is 1. The van der Waals surface area contributed by atoms with E-state index in [1.165, 1.54) is 0 Å². The summed E-state index contributed by atoms with van der Waals surface area (Å²) in [6.45, 7) is 2.74. The maximum absolute atomic E-state index is 12.4. The number of fused-ring (bicyclic) bond motifs is 1. The van der Waals surface area contributed by atoms with E-state index in [1.807, 2.05) is 59.5 Å². The maximum Gasteiger partial charge on any atom is 0.200 e. The summed E-state index contributed by atoms with van der Waals surface area (Å²) in [5.74, 6) is 0.602. The summed E-state index contributed by atoms with van der Waals surface area (Å²) in [4.78, 5) is 14.5. The average Bonchev–Trinajstić information content (AvgIpc) is 2.68. The van der Waals surface area contributed by atoms with E-state index >= 15 is 0 Å². The zero-order valence-electron chi connectivity index (χ0n) is 14.2. The second-order valence-electron chi connectivity index (χ2n) is 6.19. The Hall–Kier alpha value is -2.56. The van der Waals surface area contributed by atoms with Crippen LogP contribution < -0.4 is 10.3 Å². The van der Waals surface area contributed by atoms with Crippen molar-refractivity contribution in [3.05, 3.63) is 74.9 Å². The van der Waals surface area contributed by atoms with Crippen LogP contribution in [0.1, 0.15) is 11.1 Å². The number of benzene rings is 2. The summed E-state index contributed by atoms with van der Waals surface area (Å²) >= 11 is 5.91. The molecule has 26 heavy (non-hydrogen) atoms. The SMILES string of the molecule is O=c1cc(N2CCOCC2)oc2cc(/C=C/c3ccc(Cl)cc3)ccc12. The van der Waals surface area contributed by atoms with Crippen molar-refractivity contribution in [3.63, 3.8) is 0 Å². The van der Waals surface area contributed by atoms with Gasteiger partial charge in [-0.25, -0.2) is 0 Å². The van der Waals surface area contributed by atoms with E-state index in [0.29, 0.717) is 35.1 Å². The molecular formula is C21H18ClNO3. The highest BCUT2D eigenvalue weighted by atomic mass is 35.5. The van der Waals surface area contributed by atoms with E-state index in [-0.39, 0.29) is 5.43 Å². The normalized spacial score (nSPS) is 15.0. The van der Waals surface area contributed by atoms with Gasteiger partial charge < -0.3 is 14.1 Å². The van der Waals surface area contributed by atoms with Gasteiger partial charge >= 0.3 is 0 Å². The fourth-order valence-corrected chi connectivity index (χ4v) is 3.09. The largest absolute Gasteiger partial charge is 0.440 e. The second kappa shape index (κ2) is 7.36. The zero-order chi connectivity index (χ0) is 17.9. The number of hydrogen-bond donors (Lipinski definition) is 0. The highest BCUT2D eigenvalue weighted by Crippen LogP contribution is 2.22. The van der Waals surface area contributed by atoms with Crippen molar-refractivity contribution >= 4 is 40.6 Å². The van der Waals surface area contributed by atoms with Gasteiger partial charge in [0.25, 0.3) is 0 Å². The molecule has 5 heteroatoms. The van der Waals surface area contributed by atoms with E-state index in [0.717, 1.165) is 24.2 Å². The first-order valence-electron chi connectivity index (χ1n) is 8.53. The molecule has 4 rings (SSSR count). The number of nitrogens with zero attached hydrogens (tertiary/aromatic N) is 1. The maximum atomic E-state index is 12.4. The lowest BCUT2D eigenvalue weighted by atomic mass is 10.1. The van der Waals surface area contributed by atoms with E-state index in [4.69, 9.17) is 20.8 Å². The number of rotatable bonds is 3. The van der Waals surface area contributed by atoms with Crippen LogP contribution in [0.2, 0.25) is 5.02 Å². The first-order chi connectivity index (χ1) is 12.7. The number of anilines is 1. The minimum absolute atomic E-state index is 0.0269. The van der Waals surface area contributed by atoms with Gasteiger partial charge in [0, 0.05) is 24.2 Å². The molecule has 0 N–H and O–H groups in total. The van der Waals surface area contributed by atoms with Crippen LogP contribution in [0, 0.1) is 0 Å². The first kappa shape index (κ1) is 16.9. The summed E-state index contributed by atoms with van der Waals surface area (Å²) in [7, 11) is 0. The van der Waals surface area contributed by atoms with E-state index in [9.17, 15) is 4.79 Å². The van der Waals surface area contributed by atoms with Crippen LogP contribution in [0.4, 0.5) is 5.88 Å². The molecule has 1 aromatic heterocycles. The summed E-state index contributed by atoms with van der Waals surface area (Å²) in [5, 5.41) is 1.30. The van der Waals surface area contributed by atoms with Crippen molar-refractivity contribution in [2.75, 3.05) is 31.2 Å². The molecule has 2 aromatic carbocycles. The molecule has 2 heterocycles. The summed E-state index contributed by atoms with van der Waals surface area (Å²) in [6, 6.07) is 14.8. The van der Waals surface area contributed by atoms with Crippen LogP contribution in [-0.4, -0.2) is 26.3 Å². The molecule has 0 atom stereocenters. The Labute approximate surface area is 156 Å². The molecule has 1 fully saturated rings. The lowest BCUT2D eigenvalue weighted by Gasteiger charge is -2.27. The van der Waals surface area contributed by atoms with Crippen molar-refractivity contribution in [3.8, 4) is 0 Å². The van der Waals surface area contributed by atoms with Crippen LogP contribution in [0.3, 0.4) is 0 Å². The predicted octanol–water partition coefficient (Wildman–Crippen LogP) is 4.45. The Balaban J connectivity index is 1.66. The molecule has 1 saturated heterocycles. The summed E-state index contributed by atoms with van der Waals surface area (Å²) < 4.78 is 11.4. The van der Waals surface area contributed by atoms with E-state index < -0.39 is 0 Å². The minimum Gasteiger partial charge on any atom is -0.440 e. The van der Waals surface area contributed by atoms with Gasteiger partial charge in [-0.15, -0.1) is 0 Å². The smallest absolute Gasteiger partial charge is 0.200 e. The van der Waals surface area contributed by atoms with Gasteiger partial charge in [-0.1, -0.05) is 42.0 Å². The molecule has 0 saturated carbocycles. The first-order valence-corrected chi connectivity index (χ1v) is 8.91. The van der Waals surface area contributed by atoms with E-state index in [2.05, 4.69) is 0 Å². The Morgan fingerprint density at radius 3 is 2.38 bits per heavy atom. The summed E-state index contributed by atoms with van der Waals surface area (Å²) in [6.07, 6.45) is 3.99. The number of hydrogen-bond acceptors (Lipinski definition) is 4. The van der Waals surface area contributed by atoms with Crippen molar-refractivity contribution in [2.24, 2.45) is 0 Å². The van der Waals surface area contributed by atoms with Gasteiger partial charge in [-0.3, -0.25) is 4.79 Å². The van der Waals surface area contributed by atoms with Gasteiger partial charge in [0.05, 0.1) is 18.6 Å². The third-order valence-electron chi connectivity index (χ3n) is 4.40. The molecule has 1 aliphatic rings. The Bertz CT molecular complexity index is 1000. The molecule has 1 aliphatic heterocycles. The van der Waals surface area contributed by atoms with Crippen LogP contribution in [-0.2, 0) is 4.74 Å². The third-order valence-corrected chi connectivity index (χ3v) is 4.65. The van der Waals surface area contributed by atoms with Crippen LogP contribution in [0.15, 0.2) is 57.7 Å². The Morgan fingerprint density at radius 1 is 0.923 bits per heavy atom. The van der Waals surface area contributed by atoms with Gasteiger partial charge in [-0.2, -0.15) is 0 Å². The topological polar surface area (TPSA) is 42.7 Å². The Kier molecular flexibility index (Phi) is 4.78. The number of ether oxygens (including phenoxy) is 1. The highest BCUT2D eigenvalue weighted by molar-refractivity contribution is 6.30. The fourth-order valence-electron chi connectivity index (χ4n) is 2.97.